The monoisotopic (exact) mass is 299 g/mol. The highest BCUT2D eigenvalue weighted by Gasteiger charge is 2.52. The summed E-state index contributed by atoms with van der Waals surface area (Å²) in [5.74, 6) is -0.397. The van der Waals surface area contributed by atoms with Crippen molar-refractivity contribution < 1.29 is 24.2 Å². The highest BCUT2D eigenvalue weighted by atomic mass is 16.6. The third-order valence-corrected chi connectivity index (χ3v) is 4.33. The molecule has 2 fully saturated rings. The number of ether oxygens (including phenoxy) is 2. The fourth-order valence-electron chi connectivity index (χ4n) is 3.37. The van der Waals surface area contributed by atoms with Crippen LogP contribution in [0.5, 0.6) is 0 Å². The molecule has 2 rings (SSSR count). The molecule has 6 heteroatoms. The molecule has 0 spiro atoms. The minimum absolute atomic E-state index is 0.0980. The van der Waals surface area contributed by atoms with Crippen molar-refractivity contribution in [2.45, 2.75) is 51.7 Å². The Labute approximate surface area is 125 Å². The fraction of sp³-hybridized carbons (Fsp3) is 0.867. The summed E-state index contributed by atoms with van der Waals surface area (Å²) >= 11 is 0. The number of likely N-dealkylation sites (tertiary alicyclic amines) is 1. The maximum absolute atomic E-state index is 12.3. The highest BCUT2D eigenvalue weighted by Crippen LogP contribution is 2.45. The largest absolute Gasteiger partial charge is 0.469 e. The third kappa shape index (κ3) is 3.31. The fourth-order valence-corrected chi connectivity index (χ4v) is 3.37. The molecule has 0 aromatic heterocycles. The Morgan fingerprint density at radius 1 is 1.33 bits per heavy atom. The molecule has 1 aliphatic heterocycles. The van der Waals surface area contributed by atoms with E-state index in [9.17, 15) is 14.7 Å². The predicted molar refractivity (Wildman–Crippen MR) is 75.6 cm³/mol. The molecule has 2 aliphatic rings. The Morgan fingerprint density at radius 2 is 2.00 bits per heavy atom. The number of esters is 1. The standard InChI is InChI=1S/C15H25NO5/c1-14(2,3)21-13(19)16-8-10-7-15(9-16,12(18)20-4)6-5-11(10)17/h10-11,17H,5-9H2,1-4H3/t10-,11-,15-/m0/s1. The molecule has 120 valence electrons. The first-order valence-corrected chi connectivity index (χ1v) is 7.41. The van der Waals surface area contributed by atoms with Crippen LogP contribution >= 0.6 is 0 Å². The van der Waals surface area contributed by atoms with E-state index in [-0.39, 0.29) is 11.9 Å². The maximum atomic E-state index is 12.3. The summed E-state index contributed by atoms with van der Waals surface area (Å²) in [7, 11) is 1.36. The summed E-state index contributed by atoms with van der Waals surface area (Å²) in [6.07, 6.45) is 0.765. The zero-order valence-corrected chi connectivity index (χ0v) is 13.2. The summed E-state index contributed by atoms with van der Waals surface area (Å²) in [5.41, 5.74) is -1.28. The van der Waals surface area contributed by atoms with Gasteiger partial charge in [0.15, 0.2) is 0 Å². The van der Waals surface area contributed by atoms with Crippen LogP contribution in [0.1, 0.15) is 40.0 Å². The average molecular weight is 299 g/mol. The lowest BCUT2D eigenvalue weighted by molar-refractivity contribution is -0.164. The lowest BCUT2D eigenvalue weighted by Crippen LogP contribution is -2.58. The van der Waals surface area contributed by atoms with E-state index in [2.05, 4.69) is 0 Å². The van der Waals surface area contributed by atoms with E-state index in [1.165, 1.54) is 7.11 Å². The molecule has 0 unspecified atom stereocenters. The average Bonchev–Trinajstić information content (AvgIpc) is 2.40. The van der Waals surface area contributed by atoms with Gasteiger partial charge in [0.1, 0.15) is 5.60 Å². The quantitative estimate of drug-likeness (QED) is 0.744. The van der Waals surface area contributed by atoms with Crippen molar-refractivity contribution in [3.05, 3.63) is 0 Å². The van der Waals surface area contributed by atoms with Crippen molar-refractivity contribution in [2.24, 2.45) is 11.3 Å². The Kier molecular flexibility index (Phi) is 4.19. The number of hydrogen-bond donors (Lipinski definition) is 1. The molecule has 1 amide bonds. The molecule has 0 aromatic carbocycles. The molecular weight excluding hydrogens is 274 g/mol. The van der Waals surface area contributed by atoms with Crippen LogP contribution in [0.3, 0.4) is 0 Å². The van der Waals surface area contributed by atoms with Crippen LogP contribution in [0.15, 0.2) is 0 Å². The number of fused-ring (bicyclic) bond motifs is 2. The van der Waals surface area contributed by atoms with E-state index < -0.39 is 23.2 Å². The van der Waals surface area contributed by atoms with Crippen molar-refractivity contribution >= 4 is 12.1 Å². The summed E-state index contributed by atoms with van der Waals surface area (Å²) in [6, 6.07) is 0. The molecule has 6 nitrogen and oxygen atoms in total. The van der Waals surface area contributed by atoms with Gasteiger partial charge in [-0.15, -0.1) is 0 Å². The van der Waals surface area contributed by atoms with Crippen molar-refractivity contribution in [3.8, 4) is 0 Å². The van der Waals surface area contributed by atoms with Crippen LogP contribution in [0, 0.1) is 11.3 Å². The topological polar surface area (TPSA) is 76.1 Å². The first-order chi connectivity index (χ1) is 9.67. The van der Waals surface area contributed by atoms with Crippen LogP contribution in [0.2, 0.25) is 0 Å². The minimum Gasteiger partial charge on any atom is -0.469 e. The van der Waals surface area contributed by atoms with E-state index in [0.717, 1.165) is 0 Å². The van der Waals surface area contributed by atoms with Crippen molar-refractivity contribution in [3.63, 3.8) is 0 Å². The smallest absolute Gasteiger partial charge is 0.410 e. The van der Waals surface area contributed by atoms with Crippen LogP contribution in [-0.4, -0.2) is 54.0 Å². The van der Waals surface area contributed by atoms with Crippen LogP contribution in [0.25, 0.3) is 0 Å². The number of piperidine rings is 1. The number of nitrogens with zero attached hydrogens (tertiary/aromatic N) is 1. The Bertz CT molecular complexity index is 430. The summed E-state index contributed by atoms with van der Waals surface area (Å²) in [6.45, 7) is 6.15. The minimum atomic E-state index is -0.701. The van der Waals surface area contributed by atoms with Gasteiger partial charge in [-0.25, -0.2) is 4.79 Å². The first-order valence-electron chi connectivity index (χ1n) is 7.41. The molecule has 21 heavy (non-hydrogen) atoms. The number of amides is 1. The highest BCUT2D eigenvalue weighted by molar-refractivity contribution is 5.79. The second kappa shape index (κ2) is 5.48. The number of aliphatic hydroxyl groups is 1. The van der Waals surface area contributed by atoms with Gasteiger partial charge in [-0.3, -0.25) is 4.79 Å². The van der Waals surface area contributed by atoms with Gasteiger partial charge in [-0.2, -0.15) is 0 Å². The summed E-state index contributed by atoms with van der Waals surface area (Å²) in [5, 5.41) is 10.1. The van der Waals surface area contributed by atoms with E-state index in [0.29, 0.717) is 32.4 Å². The number of hydrogen-bond acceptors (Lipinski definition) is 5. The molecule has 2 bridgehead atoms. The van der Waals surface area contributed by atoms with Gasteiger partial charge in [0.05, 0.1) is 18.6 Å². The van der Waals surface area contributed by atoms with Crippen molar-refractivity contribution in [1.29, 1.82) is 0 Å². The normalized spacial score (nSPS) is 32.5. The second-order valence-electron chi connectivity index (χ2n) is 7.20. The summed E-state index contributed by atoms with van der Waals surface area (Å²) < 4.78 is 10.3. The molecule has 1 heterocycles. The van der Waals surface area contributed by atoms with Gasteiger partial charge < -0.3 is 19.5 Å². The van der Waals surface area contributed by atoms with Gasteiger partial charge in [0.25, 0.3) is 0 Å². The van der Waals surface area contributed by atoms with E-state index in [4.69, 9.17) is 9.47 Å². The zero-order chi connectivity index (χ0) is 15.8. The van der Waals surface area contributed by atoms with Crippen molar-refractivity contribution in [1.82, 2.24) is 4.90 Å². The number of aliphatic hydroxyl groups excluding tert-OH is 1. The zero-order valence-electron chi connectivity index (χ0n) is 13.2. The number of methoxy groups -OCH3 is 1. The predicted octanol–water partition coefficient (Wildman–Crippen LogP) is 1.56. The van der Waals surface area contributed by atoms with E-state index in [1.807, 2.05) is 0 Å². The Morgan fingerprint density at radius 3 is 2.57 bits per heavy atom. The molecular formula is C15H25NO5. The molecule has 0 aromatic rings. The lowest BCUT2D eigenvalue weighted by Gasteiger charge is -2.49. The van der Waals surface area contributed by atoms with Gasteiger partial charge in [-0.1, -0.05) is 0 Å². The van der Waals surface area contributed by atoms with E-state index >= 15 is 0 Å². The molecule has 3 atom stereocenters. The molecule has 1 aliphatic carbocycles. The second-order valence-corrected chi connectivity index (χ2v) is 7.20. The van der Waals surface area contributed by atoms with Gasteiger partial charge >= 0.3 is 12.1 Å². The SMILES string of the molecule is COC(=O)[C@]12CC[C@H](O)[C@H](CN(C(=O)OC(C)(C)C)C1)C2. The van der Waals surface area contributed by atoms with Gasteiger partial charge in [-0.05, 0) is 40.0 Å². The molecule has 1 saturated carbocycles. The number of carbonyl (C=O) groups is 2. The Balaban J connectivity index is 2.18. The van der Waals surface area contributed by atoms with Crippen LogP contribution < -0.4 is 0 Å². The van der Waals surface area contributed by atoms with E-state index in [1.54, 1.807) is 25.7 Å². The summed E-state index contributed by atoms with van der Waals surface area (Å²) in [4.78, 5) is 26.0. The lowest BCUT2D eigenvalue weighted by atomic mass is 9.65. The third-order valence-electron chi connectivity index (χ3n) is 4.33. The molecule has 1 N–H and O–H groups in total. The number of rotatable bonds is 1. The van der Waals surface area contributed by atoms with Crippen LogP contribution in [-0.2, 0) is 14.3 Å². The van der Waals surface area contributed by atoms with Crippen LogP contribution in [0.4, 0.5) is 4.79 Å². The molecule has 1 saturated heterocycles. The van der Waals surface area contributed by atoms with Gasteiger partial charge in [0.2, 0.25) is 0 Å². The van der Waals surface area contributed by atoms with Gasteiger partial charge in [0, 0.05) is 19.0 Å². The first kappa shape index (κ1) is 16.1. The van der Waals surface area contributed by atoms with Crippen molar-refractivity contribution in [2.75, 3.05) is 20.2 Å². The maximum Gasteiger partial charge on any atom is 0.410 e. The molecule has 0 radical (unpaired) electrons. The number of carbonyl (C=O) groups excluding carboxylic acids is 2. The Hall–Kier alpha value is -1.30.